The van der Waals surface area contributed by atoms with Crippen LogP contribution in [0.2, 0.25) is 0 Å². The molecule has 8 nitrogen and oxygen atoms in total. The van der Waals surface area contributed by atoms with E-state index in [1.165, 1.54) is 0 Å². The minimum Gasteiger partial charge on any atom is -0.318 e. The van der Waals surface area contributed by atoms with Crippen LogP contribution in [-0.4, -0.2) is 61.5 Å². The lowest BCUT2D eigenvalue weighted by atomic mass is 9.97. The molecule has 2 aliphatic heterocycles. The molecule has 0 aliphatic carbocycles. The topological polar surface area (TPSA) is 88.0 Å². The molecular formula is C23H26F3N7O. The highest BCUT2D eigenvalue weighted by Crippen LogP contribution is 2.36. The van der Waals surface area contributed by atoms with Gasteiger partial charge in [0.2, 0.25) is 0 Å². The van der Waals surface area contributed by atoms with E-state index in [0.29, 0.717) is 18.7 Å². The standard InChI is InChI=1S/C23H26F3N7O/c1-32-13-16(11-30-32)15-6-14-7-21(29-12-20(14)28-10-15)31-22(34)33-18-2-3-19(33)9-17(8-18)27-5-4-23(24,25)26/h6-7,10-13,17-19,27H,2-5,8-9H2,1H3,(H,29,31,34)/t17-,18-,19+. The molecule has 2 fully saturated rings. The third-order valence-corrected chi connectivity index (χ3v) is 6.65. The first-order valence-corrected chi connectivity index (χ1v) is 11.4. The summed E-state index contributed by atoms with van der Waals surface area (Å²) in [4.78, 5) is 23.7. The molecular weight excluding hydrogens is 447 g/mol. The minimum absolute atomic E-state index is 0.000310. The van der Waals surface area contributed by atoms with E-state index >= 15 is 0 Å². The van der Waals surface area contributed by atoms with Gasteiger partial charge in [0, 0.05) is 60.6 Å². The van der Waals surface area contributed by atoms with Crippen molar-refractivity contribution in [3.05, 3.63) is 36.9 Å². The molecule has 11 heteroatoms. The highest BCUT2D eigenvalue weighted by molar-refractivity contribution is 5.92. The Labute approximate surface area is 194 Å². The van der Waals surface area contributed by atoms with Crippen LogP contribution in [0.15, 0.2) is 36.9 Å². The lowest BCUT2D eigenvalue weighted by Crippen LogP contribution is -2.53. The Morgan fingerprint density at radius 3 is 2.53 bits per heavy atom. The summed E-state index contributed by atoms with van der Waals surface area (Å²) >= 11 is 0. The first-order valence-electron chi connectivity index (χ1n) is 11.4. The summed E-state index contributed by atoms with van der Waals surface area (Å²) in [7, 11) is 1.85. The van der Waals surface area contributed by atoms with E-state index in [4.69, 9.17) is 0 Å². The number of pyridine rings is 2. The van der Waals surface area contributed by atoms with Gasteiger partial charge in [0.25, 0.3) is 0 Å². The molecule has 0 saturated carbocycles. The van der Waals surface area contributed by atoms with E-state index in [-0.39, 0.29) is 30.7 Å². The maximum Gasteiger partial charge on any atom is 0.390 e. The van der Waals surface area contributed by atoms with Crippen molar-refractivity contribution in [3.63, 3.8) is 0 Å². The number of aromatic nitrogens is 4. The molecule has 5 heterocycles. The minimum atomic E-state index is -4.16. The maximum atomic E-state index is 13.1. The number of rotatable bonds is 5. The van der Waals surface area contributed by atoms with Gasteiger partial charge >= 0.3 is 12.2 Å². The molecule has 0 aromatic carbocycles. The van der Waals surface area contributed by atoms with Crippen molar-refractivity contribution < 1.29 is 18.0 Å². The molecule has 3 atom stereocenters. The Bertz CT molecular complexity index is 1180. The summed E-state index contributed by atoms with van der Waals surface area (Å²) in [5.74, 6) is 0.437. The number of carbonyl (C=O) groups is 1. The fraction of sp³-hybridized carbons (Fsp3) is 0.478. The van der Waals surface area contributed by atoms with Gasteiger partial charge in [-0.1, -0.05) is 0 Å². The van der Waals surface area contributed by atoms with Gasteiger partial charge in [-0.3, -0.25) is 15.0 Å². The van der Waals surface area contributed by atoms with E-state index in [1.54, 1.807) is 29.3 Å². The van der Waals surface area contributed by atoms with E-state index in [2.05, 4.69) is 25.7 Å². The Kier molecular flexibility index (Phi) is 5.88. The summed E-state index contributed by atoms with van der Waals surface area (Å²) in [5.41, 5.74) is 2.58. The fourth-order valence-electron chi connectivity index (χ4n) is 5.10. The first kappa shape index (κ1) is 22.6. The highest BCUT2D eigenvalue weighted by Gasteiger charge is 2.43. The molecule has 5 rings (SSSR count). The van der Waals surface area contributed by atoms with Crippen molar-refractivity contribution in [2.45, 2.75) is 56.4 Å². The number of hydrogen-bond acceptors (Lipinski definition) is 5. The zero-order chi connectivity index (χ0) is 23.9. The van der Waals surface area contributed by atoms with Gasteiger partial charge in [-0.15, -0.1) is 0 Å². The predicted octanol–water partition coefficient (Wildman–Crippen LogP) is 4.10. The molecule has 2 saturated heterocycles. The summed E-state index contributed by atoms with van der Waals surface area (Å²) in [6, 6.07) is 3.60. The van der Waals surface area contributed by atoms with Gasteiger partial charge < -0.3 is 10.2 Å². The zero-order valence-electron chi connectivity index (χ0n) is 18.7. The number of anilines is 1. The third-order valence-electron chi connectivity index (χ3n) is 6.65. The van der Waals surface area contributed by atoms with Crippen molar-refractivity contribution >= 4 is 22.8 Å². The van der Waals surface area contributed by atoms with Crippen molar-refractivity contribution in [2.24, 2.45) is 7.05 Å². The number of nitrogens with zero attached hydrogens (tertiary/aromatic N) is 5. The molecule has 0 spiro atoms. The second-order valence-corrected chi connectivity index (χ2v) is 9.10. The number of carbonyl (C=O) groups excluding carboxylic acids is 1. The van der Waals surface area contributed by atoms with Gasteiger partial charge in [0.05, 0.1) is 24.3 Å². The molecule has 2 aliphatic rings. The molecule has 2 N–H and O–H groups in total. The van der Waals surface area contributed by atoms with Crippen LogP contribution in [0.3, 0.4) is 0 Å². The Morgan fingerprint density at radius 2 is 1.85 bits per heavy atom. The number of nitrogens with one attached hydrogen (secondary N) is 2. The van der Waals surface area contributed by atoms with Crippen LogP contribution in [0, 0.1) is 0 Å². The second kappa shape index (κ2) is 8.86. The van der Waals surface area contributed by atoms with Crippen LogP contribution in [0.4, 0.5) is 23.8 Å². The summed E-state index contributed by atoms with van der Waals surface area (Å²) < 4.78 is 39.1. The lowest BCUT2D eigenvalue weighted by Gasteiger charge is -2.39. The molecule has 2 amide bonds. The summed E-state index contributed by atoms with van der Waals surface area (Å²) in [6.45, 7) is -0.0874. The van der Waals surface area contributed by atoms with Gasteiger partial charge in [-0.25, -0.2) is 9.78 Å². The third kappa shape index (κ3) is 4.84. The van der Waals surface area contributed by atoms with Gasteiger partial charge in [-0.2, -0.15) is 18.3 Å². The van der Waals surface area contributed by atoms with E-state index in [1.807, 2.05) is 24.2 Å². The summed E-state index contributed by atoms with van der Waals surface area (Å²) in [5, 5.41) is 11.0. The lowest BCUT2D eigenvalue weighted by molar-refractivity contribution is -0.133. The zero-order valence-corrected chi connectivity index (χ0v) is 18.7. The Balaban J connectivity index is 1.25. The highest BCUT2D eigenvalue weighted by atomic mass is 19.4. The number of urea groups is 1. The van der Waals surface area contributed by atoms with Crippen molar-refractivity contribution in [3.8, 4) is 11.1 Å². The summed E-state index contributed by atoms with van der Waals surface area (Å²) in [6.07, 6.45) is 5.11. The number of halogens is 3. The number of hydrogen-bond donors (Lipinski definition) is 2. The Morgan fingerprint density at radius 1 is 1.09 bits per heavy atom. The van der Waals surface area contributed by atoms with Crippen LogP contribution in [0.5, 0.6) is 0 Å². The molecule has 0 radical (unpaired) electrons. The van der Waals surface area contributed by atoms with Gasteiger partial charge in [-0.05, 0) is 37.8 Å². The molecule has 34 heavy (non-hydrogen) atoms. The molecule has 3 aromatic rings. The number of aryl methyl sites for hydroxylation is 1. The van der Waals surface area contributed by atoms with Crippen molar-refractivity contribution in [1.82, 2.24) is 30.0 Å². The van der Waals surface area contributed by atoms with E-state index in [9.17, 15) is 18.0 Å². The van der Waals surface area contributed by atoms with E-state index in [0.717, 1.165) is 34.9 Å². The average molecular weight is 474 g/mol. The maximum absolute atomic E-state index is 13.1. The van der Waals surface area contributed by atoms with Gasteiger partial charge in [0.15, 0.2) is 0 Å². The van der Waals surface area contributed by atoms with Crippen LogP contribution in [0.25, 0.3) is 22.0 Å². The monoisotopic (exact) mass is 473 g/mol. The quantitative estimate of drug-likeness (QED) is 0.583. The molecule has 2 bridgehead atoms. The fourth-order valence-corrected chi connectivity index (χ4v) is 5.10. The number of fused-ring (bicyclic) bond motifs is 3. The number of amides is 2. The van der Waals surface area contributed by atoms with Crippen LogP contribution < -0.4 is 10.6 Å². The largest absolute Gasteiger partial charge is 0.390 e. The van der Waals surface area contributed by atoms with Gasteiger partial charge in [0.1, 0.15) is 5.82 Å². The predicted molar refractivity (Wildman–Crippen MR) is 121 cm³/mol. The van der Waals surface area contributed by atoms with Crippen LogP contribution in [0.1, 0.15) is 32.1 Å². The first-order chi connectivity index (χ1) is 16.2. The molecule has 180 valence electrons. The van der Waals surface area contributed by atoms with Crippen molar-refractivity contribution in [2.75, 3.05) is 11.9 Å². The van der Waals surface area contributed by atoms with E-state index < -0.39 is 12.6 Å². The Hall–Kier alpha value is -3.21. The normalized spacial score (nSPS) is 22.4. The smallest absolute Gasteiger partial charge is 0.318 e. The SMILES string of the molecule is Cn1cc(-c2cnc3cnc(NC(=O)N4[C@@H]5CC[C@H]4C[C@H](NCCC(F)(F)F)C5)cc3c2)cn1. The van der Waals surface area contributed by atoms with Crippen LogP contribution >= 0.6 is 0 Å². The van der Waals surface area contributed by atoms with Crippen LogP contribution in [-0.2, 0) is 7.05 Å². The van der Waals surface area contributed by atoms with Crippen molar-refractivity contribution in [1.29, 1.82) is 0 Å². The molecule has 3 aromatic heterocycles. The average Bonchev–Trinajstić information content (AvgIpc) is 3.33. The number of piperidine rings is 1. The second-order valence-electron chi connectivity index (χ2n) is 9.10. The number of alkyl halides is 3. The molecule has 0 unspecified atom stereocenters.